The summed E-state index contributed by atoms with van der Waals surface area (Å²) in [5.74, 6) is -0.219. The van der Waals surface area contributed by atoms with Crippen LogP contribution < -0.4 is 10.2 Å². The van der Waals surface area contributed by atoms with E-state index in [-0.39, 0.29) is 18.6 Å². The Labute approximate surface area is 192 Å². The summed E-state index contributed by atoms with van der Waals surface area (Å²) < 4.78 is 0. The molecule has 3 aromatic heterocycles. The average molecular weight is 443 g/mol. The molecule has 168 valence electrons. The number of aryl methyl sites for hydroxylation is 2. The molecule has 8 heteroatoms. The Balaban J connectivity index is 1.69. The minimum atomic E-state index is -0.219. The highest BCUT2D eigenvalue weighted by Gasteiger charge is 2.15. The fourth-order valence-corrected chi connectivity index (χ4v) is 3.26. The van der Waals surface area contributed by atoms with Crippen LogP contribution in [0.15, 0.2) is 61.2 Å². The number of hydrogen-bond donors (Lipinski definition) is 1. The number of pyridine rings is 1. The molecule has 0 atom stereocenters. The van der Waals surface area contributed by atoms with Crippen LogP contribution in [0.1, 0.15) is 41.2 Å². The van der Waals surface area contributed by atoms with Crippen molar-refractivity contribution >= 4 is 5.91 Å². The number of carbonyl (C=O) groups excluding carboxylic acids is 1. The SMILES string of the molecule is Cc1ccc(-c2cc(C(=O)NCc3cnc(C)cn3)cc(-c3ccnn3OC(C)C)c2)nc1. The lowest BCUT2D eigenvalue weighted by molar-refractivity contribution is 0.0393. The number of benzene rings is 1. The molecule has 0 bridgehead atoms. The van der Waals surface area contributed by atoms with Gasteiger partial charge >= 0.3 is 0 Å². The van der Waals surface area contributed by atoms with E-state index < -0.39 is 0 Å². The van der Waals surface area contributed by atoms with Gasteiger partial charge in [0.25, 0.3) is 5.91 Å². The first-order chi connectivity index (χ1) is 15.9. The van der Waals surface area contributed by atoms with Crippen molar-refractivity contribution in [3.63, 3.8) is 0 Å². The van der Waals surface area contributed by atoms with Crippen LogP contribution in [0.3, 0.4) is 0 Å². The van der Waals surface area contributed by atoms with Gasteiger partial charge in [0, 0.05) is 29.1 Å². The van der Waals surface area contributed by atoms with Crippen LogP contribution >= 0.6 is 0 Å². The van der Waals surface area contributed by atoms with E-state index in [1.54, 1.807) is 18.6 Å². The van der Waals surface area contributed by atoms with E-state index in [1.165, 1.54) is 4.85 Å². The molecule has 4 aromatic rings. The van der Waals surface area contributed by atoms with Crippen LogP contribution in [0, 0.1) is 13.8 Å². The topological polar surface area (TPSA) is 94.8 Å². The monoisotopic (exact) mass is 442 g/mol. The van der Waals surface area contributed by atoms with Crippen LogP contribution in [0.25, 0.3) is 22.5 Å². The second-order valence-electron chi connectivity index (χ2n) is 8.10. The zero-order valence-corrected chi connectivity index (χ0v) is 19.1. The van der Waals surface area contributed by atoms with Crippen molar-refractivity contribution in [2.75, 3.05) is 0 Å². The number of hydrogen-bond acceptors (Lipinski definition) is 6. The Morgan fingerprint density at radius 3 is 2.52 bits per heavy atom. The minimum Gasteiger partial charge on any atom is -0.394 e. The van der Waals surface area contributed by atoms with Crippen molar-refractivity contribution in [2.24, 2.45) is 0 Å². The van der Waals surface area contributed by atoms with Gasteiger partial charge < -0.3 is 10.2 Å². The van der Waals surface area contributed by atoms with Gasteiger partial charge in [-0.2, -0.15) is 0 Å². The first-order valence-corrected chi connectivity index (χ1v) is 10.7. The maximum Gasteiger partial charge on any atom is 0.251 e. The number of aromatic nitrogens is 5. The van der Waals surface area contributed by atoms with Gasteiger partial charge in [0.2, 0.25) is 0 Å². The molecule has 0 saturated carbocycles. The molecular formula is C25H26N6O2. The molecule has 4 rings (SSSR count). The van der Waals surface area contributed by atoms with Crippen LogP contribution in [0.2, 0.25) is 0 Å². The first-order valence-electron chi connectivity index (χ1n) is 10.7. The third kappa shape index (κ3) is 5.41. The molecule has 1 amide bonds. The third-order valence-electron chi connectivity index (χ3n) is 4.88. The van der Waals surface area contributed by atoms with Crippen LogP contribution in [0.5, 0.6) is 0 Å². The maximum atomic E-state index is 13.1. The Morgan fingerprint density at radius 2 is 1.82 bits per heavy atom. The Bertz CT molecular complexity index is 1250. The summed E-state index contributed by atoms with van der Waals surface area (Å²) in [4.78, 5) is 33.4. The predicted molar refractivity (Wildman–Crippen MR) is 125 cm³/mol. The van der Waals surface area contributed by atoms with Gasteiger partial charge in [0.15, 0.2) is 0 Å². The smallest absolute Gasteiger partial charge is 0.251 e. The second kappa shape index (κ2) is 9.60. The Hall–Kier alpha value is -4.07. The van der Waals surface area contributed by atoms with Crippen LogP contribution in [-0.2, 0) is 6.54 Å². The van der Waals surface area contributed by atoms with Crippen LogP contribution in [-0.4, -0.2) is 36.9 Å². The number of amides is 1. The highest BCUT2D eigenvalue weighted by molar-refractivity contribution is 5.97. The number of rotatable bonds is 7. The van der Waals surface area contributed by atoms with E-state index in [2.05, 4.69) is 25.4 Å². The summed E-state index contributed by atoms with van der Waals surface area (Å²) in [6.07, 6.45) is 6.77. The van der Waals surface area contributed by atoms with Crippen molar-refractivity contribution in [3.8, 4) is 22.5 Å². The molecule has 0 fully saturated rings. The number of nitrogens with zero attached hydrogens (tertiary/aromatic N) is 5. The molecular weight excluding hydrogens is 416 g/mol. The fourth-order valence-electron chi connectivity index (χ4n) is 3.26. The second-order valence-corrected chi connectivity index (χ2v) is 8.10. The lowest BCUT2D eigenvalue weighted by Gasteiger charge is -2.14. The Kier molecular flexibility index (Phi) is 6.44. The molecule has 0 saturated heterocycles. The highest BCUT2D eigenvalue weighted by Crippen LogP contribution is 2.27. The van der Waals surface area contributed by atoms with Crippen LogP contribution in [0.4, 0.5) is 0 Å². The van der Waals surface area contributed by atoms with Gasteiger partial charge in [0.1, 0.15) is 11.8 Å². The first kappa shape index (κ1) is 22.1. The van der Waals surface area contributed by atoms with Gasteiger partial charge in [0.05, 0.1) is 36.0 Å². The van der Waals surface area contributed by atoms with Gasteiger partial charge in [-0.3, -0.25) is 19.7 Å². The molecule has 3 heterocycles. The summed E-state index contributed by atoms with van der Waals surface area (Å²) in [6.45, 7) is 8.01. The summed E-state index contributed by atoms with van der Waals surface area (Å²) in [7, 11) is 0. The van der Waals surface area contributed by atoms with Crippen molar-refractivity contribution in [2.45, 2.75) is 40.3 Å². The molecule has 0 spiro atoms. The molecule has 0 aliphatic rings. The van der Waals surface area contributed by atoms with E-state index in [1.807, 2.05) is 70.3 Å². The summed E-state index contributed by atoms with van der Waals surface area (Å²) in [6, 6.07) is 11.4. The maximum absolute atomic E-state index is 13.1. The largest absolute Gasteiger partial charge is 0.394 e. The van der Waals surface area contributed by atoms with Gasteiger partial charge in [-0.15, -0.1) is 5.10 Å². The zero-order chi connectivity index (χ0) is 23.4. The summed E-state index contributed by atoms with van der Waals surface area (Å²) >= 11 is 0. The molecule has 8 nitrogen and oxygen atoms in total. The van der Waals surface area contributed by atoms with Crippen molar-refractivity contribution < 1.29 is 9.63 Å². The van der Waals surface area contributed by atoms with E-state index in [9.17, 15) is 4.79 Å². The van der Waals surface area contributed by atoms with E-state index >= 15 is 0 Å². The molecule has 0 unspecified atom stereocenters. The van der Waals surface area contributed by atoms with Gasteiger partial charge in [-0.05, 0) is 63.6 Å². The minimum absolute atomic E-state index is 0.0519. The molecule has 0 aliphatic carbocycles. The molecule has 33 heavy (non-hydrogen) atoms. The Morgan fingerprint density at radius 1 is 1.00 bits per heavy atom. The molecule has 1 N–H and O–H groups in total. The summed E-state index contributed by atoms with van der Waals surface area (Å²) in [5.41, 5.74) is 6.23. The van der Waals surface area contributed by atoms with Crippen molar-refractivity contribution in [1.82, 2.24) is 30.2 Å². The fraction of sp³-hybridized carbons (Fsp3) is 0.240. The molecule has 0 radical (unpaired) electrons. The zero-order valence-electron chi connectivity index (χ0n) is 19.1. The van der Waals surface area contributed by atoms with E-state index in [0.717, 1.165) is 33.8 Å². The quantitative estimate of drug-likeness (QED) is 0.468. The summed E-state index contributed by atoms with van der Waals surface area (Å²) in [5, 5.41) is 7.19. The van der Waals surface area contributed by atoms with E-state index in [4.69, 9.17) is 4.84 Å². The van der Waals surface area contributed by atoms with Gasteiger partial charge in [-0.25, -0.2) is 0 Å². The normalized spacial score (nSPS) is 10.9. The standard InChI is InChI=1S/C25H26N6O2/c1-16(2)33-31-24(7-8-30-31)20-9-19(23-6-5-17(3)12-28-23)10-21(11-20)25(32)29-15-22-14-26-18(4)13-27-22/h5-14,16H,15H2,1-4H3,(H,29,32). The lowest BCUT2D eigenvalue weighted by atomic mass is 10.0. The number of carbonyl (C=O) groups is 1. The van der Waals surface area contributed by atoms with E-state index in [0.29, 0.717) is 11.3 Å². The highest BCUT2D eigenvalue weighted by atomic mass is 16.7. The molecule has 0 aliphatic heterocycles. The van der Waals surface area contributed by atoms with Gasteiger partial charge in [-0.1, -0.05) is 10.9 Å². The number of nitrogens with one attached hydrogen (secondary N) is 1. The third-order valence-corrected chi connectivity index (χ3v) is 4.88. The average Bonchev–Trinajstić information content (AvgIpc) is 3.26. The van der Waals surface area contributed by atoms with Crippen molar-refractivity contribution in [1.29, 1.82) is 0 Å². The van der Waals surface area contributed by atoms with Crippen molar-refractivity contribution in [3.05, 3.63) is 83.7 Å². The predicted octanol–water partition coefficient (Wildman–Crippen LogP) is 3.79. The lowest BCUT2D eigenvalue weighted by Crippen LogP contribution is -2.24. The molecule has 1 aromatic carbocycles.